The summed E-state index contributed by atoms with van der Waals surface area (Å²) in [6.45, 7) is 2.28. The molecule has 0 aromatic carbocycles. The Labute approximate surface area is 90.7 Å². The monoisotopic (exact) mass is 205 g/mol. The molecule has 3 heteroatoms. The molecule has 82 valence electrons. The van der Waals surface area contributed by atoms with Gasteiger partial charge in [-0.25, -0.2) is 0 Å². The van der Waals surface area contributed by atoms with E-state index in [1.165, 1.54) is 50.0 Å². The zero-order valence-electron chi connectivity index (χ0n) is 9.13. The molecule has 1 saturated heterocycles. The number of aromatic amines is 1. The second kappa shape index (κ2) is 3.97. The maximum absolute atomic E-state index is 4.48. The van der Waals surface area contributed by atoms with Crippen molar-refractivity contribution in [2.75, 3.05) is 13.1 Å². The number of H-pyrrole nitrogens is 1. The lowest BCUT2D eigenvalue weighted by Gasteiger charge is -2.23. The summed E-state index contributed by atoms with van der Waals surface area (Å²) in [4.78, 5) is 0. The molecule has 1 aromatic rings. The lowest BCUT2D eigenvalue weighted by atomic mass is 9.82. The van der Waals surface area contributed by atoms with E-state index in [9.17, 15) is 0 Å². The van der Waals surface area contributed by atoms with E-state index in [0.717, 1.165) is 12.5 Å². The normalized spacial score (nSPS) is 27.6. The highest BCUT2D eigenvalue weighted by molar-refractivity contribution is 5.18. The second-order valence-electron chi connectivity index (χ2n) is 4.92. The van der Waals surface area contributed by atoms with Crippen LogP contribution in [-0.4, -0.2) is 23.3 Å². The van der Waals surface area contributed by atoms with Crippen molar-refractivity contribution >= 4 is 0 Å². The van der Waals surface area contributed by atoms with Gasteiger partial charge >= 0.3 is 0 Å². The van der Waals surface area contributed by atoms with Gasteiger partial charge in [-0.3, -0.25) is 5.10 Å². The summed E-state index contributed by atoms with van der Waals surface area (Å²) >= 11 is 0. The molecule has 3 rings (SSSR count). The Morgan fingerprint density at radius 2 is 2.00 bits per heavy atom. The maximum Gasteiger partial charge on any atom is 0.0668 e. The lowest BCUT2D eigenvalue weighted by molar-refractivity contribution is 0.410. The number of hydrogen-bond acceptors (Lipinski definition) is 2. The van der Waals surface area contributed by atoms with Crippen molar-refractivity contribution in [1.82, 2.24) is 15.5 Å². The molecule has 0 amide bonds. The molecule has 0 bridgehead atoms. The first kappa shape index (κ1) is 9.40. The smallest absolute Gasteiger partial charge is 0.0668 e. The fourth-order valence-corrected chi connectivity index (χ4v) is 2.59. The van der Waals surface area contributed by atoms with Gasteiger partial charge in [0.25, 0.3) is 0 Å². The van der Waals surface area contributed by atoms with E-state index in [1.54, 1.807) is 0 Å². The second-order valence-corrected chi connectivity index (χ2v) is 4.92. The Balaban J connectivity index is 1.71. The first-order valence-electron chi connectivity index (χ1n) is 6.19. The molecule has 15 heavy (non-hydrogen) atoms. The van der Waals surface area contributed by atoms with Crippen molar-refractivity contribution in [3.63, 3.8) is 0 Å². The number of piperidine rings is 1. The first-order chi connectivity index (χ1) is 7.43. The highest BCUT2D eigenvalue weighted by atomic mass is 15.1. The molecule has 2 aliphatic rings. The minimum atomic E-state index is 0.642. The summed E-state index contributed by atoms with van der Waals surface area (Å²) in [5.74, 6) is 1.42. The lowest BCUT2D eigenvalue weighted by Crippen LogP contribution is -2.28. The van der Waals surface area contributed by atoms with Gasteiger partial charge in [0.2, 0.25) is 0 Å². The van der Waals surface area contributed by atoms with Crippen LogP contribution in [0.5, 0.6) is 0 Å². The van der Waals surface area contributed by atoms with Crippen molar-refractivity contribution in [2.45, 2.75) is 43.9 Å². The molecule has 0 spiro atoms. The molecule has 1 saturated carbocycles. The number of nitrogens with one attached hydrogen (secondary N) is 2. The Bertz CT molecular complexity index is 321. The molecular formula is C12H19N3. The molecule has 2 heterocycles. The number of hydrogen-bond donors (Lipinski definition) is 2. The SMILES string of the molecule is c1c(C2CCCNC2)n[nH]c1C1CCC1. The minimum Gasteiger partial charge on any atom is -0.316 e. The minimum absolute atomic E-state index is 0.642. The summed E-state index contributed by atoms with van der Waals surface area (Å²) in [7, 11) is 0. The Morgan fingerprint density at radius 1 is 1.13 bits per heavy atom. The van der Waals surface area contributed by atoms with Gasteiger partial charge in [-0.05, 0) is 38.3 Å². The van der Waals surface area contributed by atoms with Crippen LogP contribution in [0, 0.1) is 0 Å². The van der Waals surface area contributed by atoms with Crippen LogP contribution in [0.25, 0.3) is 0 Å². The third-order valence-corrected chi connectivity index (χ3v) is 3.88. The van der Waals surface area contributed by atoms with Gasteiger partial charge in [0.1, 0.15) is 0 Å². The van der Waals surface area contributed by atoms with E-state index in [2.05, 4.69) is 21.6 Å². The Hall–Kier alpha value is -0.830. The van der Waals surface area contributed by atoms with Crippen molar-refractivity contribution in [3.05, 3.63) is 17.5 Å². The third-order valence-electron chi connectivity index (χ3n) is 3.88. The van der Waals surface area contributed by atoms with Gasteiger partial charge < -0.3 is 5.32 Å². The molecule has 1 aliphatic heterocycles. The molecule has 3 nitrogen and oxygen atoms in total. The molecule has 1 atom stereocenters. The highest BCUT2D eigenvalue weighted by Gasteiger charge is 2.24. The van der Waals surface area contributed by atoms with Crippen LogP contribution in [0.1, 0.15) is 55.3 Å². The van der Waals surface area contributed by atoms with Gasteiger partial charge in [-0.1, -0.05) is 6.42 Å². The number of rotatable bonds is 2. The van der Waals surface area contributed by atoms with Crippen LogP contribution < -0.4 is 5.32 Å². The van der Waals surface area contributed by atoms with Crippen LogP contribution in [0.3, 0.4) is 0 Å². The van der Waals surface area contributed by atoms with Gasteiger partial charge in [0, 0.05) is 24.1 Å². The summed E-state index contributed by atoms with van der Waals surface area (Å²) in [5.41, 5.74) is 2.66. The fourth-order valence-electron chi connectivity index (χ4n) is 2.59. The average molecular weight is 205 g/mol. The topological polar surface area (TPSA) is 40.7 Å². The van der Waals surface area contributed by atoms with E-state index < -0.39 is 0 Å². The maximum atomic E-state index is 4.48. The van der Waals surface area contributed by atoms with Gasteiger partial charge in [0.15, 0.2) is 0 Å². The molecule has 2 N–H and O–H groups in total. The van der Waals surface area contributed by atoms with Crippen LogP contribution >= 0.6 is 0 Å². The summed E-state index contributed by atoms with van der Waals surface area (Å²) < 4.78 is 0. The van der Waals surface area contributed by atoms with E-state index in [-0.39, 0.29) is 0 Å². The van der Waals surface area contributed by atoms with E-state index >= 15 is 0 Å². The van der Waals surface area contributed by atoms with Crippen LogP contribution in [0.15, 0.2) is 6.07 Å². The van der Waals surface area contributed by atoms with Gasteiger partial charge in [0.05, 0.1) is 5.69 Å². The largest absolute Gasteiger partial charge is 0.316 e. The number of nitrogens with zero attached hydrogens (tertiary/aromatic N) is 1. The zero-order valence-corrected chi connectivity index (χ0v) is 9.13. The Kier molecular flexibility index (Phi) is 2.49. The highest BCUT2D eigenvalue weighted by Crippen LogP contribution is 2.36. The van der Waals surface area contributed by atoms with Crippen LogP contribution in [0.2, 0.25) is 0 Å². The molecule has 1 aliphatic carbocycles. The molecule has 2 fully saturated rings. The van der Waals surface area contributed by atoms with Crippen molar-refractivity contribution < 1.29 is 0 Å². The van der Waals surface area contributed by atoms with Gasteiger partial charge in [-0.2, -0.15) is 5.10 Å². The summed E-state index contributed by atoms with van der Waals surface area (Å²) in [5, 5.41) is 11.2. The predicted octanol–water partition coefficient (Wildman–Crippen LogP) is 2.14. The number of aromatic nitrogens is 2. The first-order valence-corrected chi connectivity index (χ1v) is 6.19. The van der Waals surface area contributed by atoms with Crippen LogP contribution in [-0.2, 0) is 0 Å². The van der Waals surface area contributed by atoms with E-state index in [1.807, 2.05) is 0 Å². The zero-order chi connectivity index (χ0) is 10.1. The van der Waals surface area contributed by atoms with E-state index in [4.69, 9.17) is 0 Å². The predicted molar refractivity (Wildman–Crippen MR) is 60.0 cm³/mol. The quantitative estimate of drug-likeness (QED) is 0.776. The summed E-state index contributed by atoms with van der Waals surface area (Å²) in [6.07, 6.45) is 6.68. The van der Waals surface area contributed by atoms with Crippen molar-refractivity contribution in [2.24, 2.45) is 0 Å². The Morgan fingerprint density at radius 3 is 2.67 bits per heavy atom. The third kappa shape index (κ3) is 1.81. The summed E-state index contributed by atoms with van der Waals surface area (Å²) in [6, 6.07) is 2.31. The fraction of sp³-hybridized carbons (Fsp3) is 0.750. The molecule has 1 aromatic heterocycles. The average Bonchev–Trinajstić information content (AvgIpc) is 2.66. The van der Waals surface area contributed by atoms with E-state index in [0.29, 0.717) is 5.92 Å². The standard InChI is InChI=1S/C12H19N3/c1-3-9(4-1)11-7-12(15-14-11)10-5-2-6-13-8-10/h7,9-10,13H,1-6,8H2,(H,14,15). The molecule has 1 unspecified atom stereocenters. The molecular weight excluding hydrogens is 186 g/mol. The van der Waals surface area contributed by atoms with Crippen molar-refractivity contribution in [1.29, 1.82) is 0 Å². The van der Waals surface area contributed by atoms with Crippen LogP contribution in [0.4, 0.5) is 0 Å². The molecule has 0 radical (unpaired) electrons. The van der Waals surface area contributed by atoms with Crippen molar-refractivity contribution in [3.8, 4) is 0 Å². The van der Waals surface area contributed by atoms with Gasteiger partial charge in [-0.15, -0.1) is 0 Å².